The fourth-order valence-corrected chi connectivity index (χ4v) is 2.68. The van der Waals surface area contributed by atoms with Gasteiger partial charge in [0.05, 0.1) is 18.4 Å². The Bertz CT molecular complexity index is 777. The number of hydrogen-bond acceptors (Lipinski definition) is 4. The summed E-state index contributed by atoms with van der Waals surface area (Å²) in [5.74, 6) is -0.404. The Labute approximate surface area is 128 Å². The minimum Gasteiger partial charge on any atom is -0.465 e. The Morgan fingerprint density at radius 2 is 2.05 bits per heavy atom. The molecule has 4 nitrogen and oxygen atoms in total. The van der Waals surface area contributed by atoms with E-state index in [0.717, 1.165) is 16.7 Å². The lowest BCUT2D eigenvalue weighted by atomic mass is 9.88. The van der Waals surface area contributed by atoms with Gasteiger partial charge in [-0.2, -0.15) is 0 Å². The van der Waals surface area contributed by atoms with Crippen LogP contribution in [0.3, 0.4) is 0 Å². The molecule has 0 unspecified atom stereocenters. The molecule has 4 heteroatoms. The van der Waals surface area contributed by atoms with Crippen LogP contribution in [-0.4, -0.2) is 23.8 Å². The topological polar surface area (TPSA) is 56.3 Å². The maximum absolute atomic E-state index is 12.2. The molecule has 1 aliphatic carbocycles. The van der Waals surface area contributed by atoms with Gasteiger partial charge in [0, 0.05) is 18.2 Å². The molecule has 0 bridgehead atoms. The summed E-state index contributed by atoms with van der Waals surface area (Å²) in [6, 6.07) is 11.0. The van der Waals surface area contributed by atoms with Crippen LogP contribution >= 0.6 is 0 Å². The van der Waals surface area contributed by atoms with Gasteiger partial charge >= 0.3 is 5.97 Å². The van der Waals surface area contributed by atoms with Crippen molar-refractivity contribution in [1.82, 2.24) is 4.98 Å². The van der Waals surface area contributed by atoms with E-state index >= 15 is 0 Å². The van der Waals surface area contributed by atoms with Crippen LogP contribution in [0.1, 0.15) is 32.0 Å². The fourth-order valence-electron chi connectivity index (χ4n) is 2.68. The molecular formula is C18H15NO3. The van der Waals surface area contributed by atoms with E-state index in [1.807, 2.05) is 24.3 Å². The van der Waals surface area contributed by atoms with Crippen LogP contribution in [-0.2, 0) is 17.6 Å². The quantitative estimate of drug-likeness (QED) is 0.817. The maximum atomic E-state index is 12.2. The van der Waals surface area contributed by atoms with Crippen molar-refractivity contribution in [3.63, 3.8) is 0 Å². The first-order chi connectivity index (χ1) is 10.7. The van der Waals surface area contributed by atoms with Gasteiger partial charge in [-0.05, 0) is 30.2 Å². The second-order valence-corrected chi connectivity index (χ2v) is 5.17. The molecule has 0 saturated carbocycles. The number of ketones is 1. The number of pyridine rings is 1. The summed E-state index contributed by atoms with van der Waals surface area (Å²) < 4.78 is 4.78. The van der Waals surface area contributed by atoms with Gasteiger partial charge in [-0.1, -0.05) is 29.8 Å². The molecule has 0 aliphatic heterocycles. The molecule has 0 amide bonds. The van der Waals surface area contributed by atoms with Crippen LogP contribution in [0, 0.1) is 0 Å². The number of rotatable bonds is 3. The Balaban J connectivity index is 1.90. The van der Waals surface area contributed by atoms with Gasteiger partial charge < -0.3 is 4.74 Å². The number of hydrogen-bond donors (Lipinski definition) is 0. The Kier molecular flexibility index (Phi) is 3.83. The molecule has 0 fully saturated rings. The molecular weight excluding hydrogens is 278 g/mol. The molecule has 3 rings (SSSR count). The molecule has 2 aromatic rings. The van der Waals surface area contributed by atoms with Crippen LogP contribution < -0.4 is 0 Å². The number of nitrogens with zero attached hydrogens (tertiary/aromatic N) is 1. The number of aromatic nitrogens is 1. The lowest BCUT2D eigenvalue weighted by molar-refractivity contribution is 0.0599. The molecule has 110 valence electrons. The fraction of sp³-hybridized carbons (Fsp3) is 0.167. The predicted molar refractivity (Wildman–Crippen MR) is 81.8 cm³/mol. The van der Waals surface area contributed by atoms with E-state index < -0.39 is 5.97 Å². The molecule has 1 aromatic heterocycles. The van der Waals surface area contributed by atoms with Crippen molar-refractivity contribution >= 4 is 11.8 Å². The number of allylic oxidation sites excluding steroid dienone is 2. The summed E-state index contributed by atoms with van der Waals surface area (Å²) in [4.78, 5) is 28.2. The van der Waals surface area contributed by atoms with Crippen molar-refractivity contribution in [2.45, 2.75) is 12.8 Å². The molecule has 0 N–H and O–H groups in total. The standard InChI is InChI=1S/C18H15NO3/c1-22-18(21)15-7-4-8-19-16(15)10-12-9-13-5-2-3-6-14(13)17(20)11-12/h2-8,11H,9-10H2,1H3. The minimum atomic E-state index is -0.411. The van der Waals surface area contributed by atoms with Crippen molar-refractivity contribution in [2.24, 2.45) is 0 Å². The van der Waals surface area contributed by atoms with Gasteiger partial charge in [-0.3, -0.25) is 9.78 Å². The highest BCUT2D eigenvalue weighted by Gasteiger charge is 2.20. The maximum Gasteiger partial charge on any atom is 0.339 e. The summed E-state index contributed by atoms with van der Waals surface area (Å²) in [6.45, 7) is 0. The SMILES string of the molecule is COC(=O)c1cccnc1CC1=CC(=O)c2ccccc2C1. The van der Waals surface area contributed by atoms with Gasteiger partial charge in [0.25, 0.3) is 0 Å². The highest BCUT2D eigenvalue weighted by molar-refractivity contribution is 6.07. The zero-order chi connectivity index (χ0) is 15.5. The number of carbonyl (C=O) groups is 2. The van der Waals surface area contributed by atoms with Crippen LogP contribution in [0.25, 0.3) is 0 Å². The summed E-state index contributed by atoms with van der Waals surface area (Å²) in [6.07, 6.45) is 4.45. The van der Waals surface area contributed by atoms with Crippen molar-refractivity contribution in [1.29, 1.82) is 0 Å². The molecule has 0 spiro atoms. The summed E-state index contributed by atoms with van der Waals surface area (Å²) in [5.41, 5.74) is 3.79. The normalized spacial score (nSPS) is 13.3. The van der Waals surface area contributed by atoms with Crippen molar-refractivity contribution in [3.8, 4) is 0 Å². The molecule has 0 saturated heterocycles. The highest BCUT2D eigenvalue weighted by atomic mass is 16.5. The molecule has 1 aliphatic rings. The Morgan fingerprint density at radius 1 is 1.23 bits per heavy atom. The molecule has 22 heavy (non-hydrogen) atoms. The van der Waals surface area contributed by atoms with E-state index in [-0.39, 0.29) is 5.78 Å². The first kappa shape index (κ1) is 14.2. The molecule has 1 aromatic carbocycles. The van der Waals surface area contributed by atoms with E-state index in [1.54, 1.807) is 24.4 Å². The Morgan fingerprint density at radius 3 is 2.86 bits per heavy atom. The van der Waals surface area contributed by atoms with E-state index in [9.17, 15) is 9.59 Å². The second-order valence-electron chi connectivity index (χ2n) is 5.17. The zero-order valence-electron chi connectivity index (χ0n) is 12.2. The minimum absolute atomic E-state index is 0.00685. The third-order valence-electron chi connectivity index (χ3n) is 3.73. The number of fused-ring (bicyclic) bond motifs is 1. The molecule has 1 heterocycles. The largest absolute Gasteiger partial charge is 0.465 e. The van der Waals surface area contributed by atoms with Crippen LogP contribution in [0.15, 0.2) is 54.2 Å². The lowest BCUT2D eigenvalue weighted by Crippen LogP contribution is -2.13. The van der Waals surface area contributed by atoms with Crippen molar-refractivity contribution in [3.05, 3.63) is 76.6 Å². The van der Waals surface area contributed by atoms with Gasteiger partial charge in [0.1, 0.15) is 0 Å². The zero-order valence-corrected chi connectivity index (χ0v) is 12.2. The summed E-state index contributed by atoms with van der Waals surface area (Å²) in [5, 5.41) is 0. The van der Waals surface area contributed by atoms with Crippen molar-refractivity contribution < 1.29 is 14.3 Å². The van der Waals surface area contributed by atoms with Crippen LogP contribution in [0.4, 0.5) is 0 Å². The smallest absolute Gasteiger partial charge is 0.339 e. The monoisotopic (exact) mass is 293 g/mol. The van der Waals surface area contributed by atoms with Gasteiger partial charge in [-0.25, -0.2) is 4.79 Å². The first-order valence-electron chi connectivity index (χ1n) is 7.03. The van der Waals surface area contributed by atoms with E-state index in [4.69, 9.17) is 4.74 Å². The van der Waals surface area contributed by atoms with Crippen molar-refractivity contribution in [2.75, 3.05) is 7.11 Å². The number of ether oxygens (including phenoxy) is 1. The molecule has 0 atom stereocenters. The highest BCUT2D eigenvalue weighted by Crippen LogP contribution is 2.24. The summed E-state index contributed by atoms with van der Waals surface area (Å²) in [7, 11) is 1.35. The van der Waals surface area contributed by atoms with Crippen LogP contribution in [0.5, 0.6) is 0 Å². The number of benzene rings is 1. The van der Waals surface area contributed by atoms with Gasteiger partial charge in [0.15, 0.2) is 5.78 Å². The predicted octanol–water partition coefficient (Wildman–Crippen LogP) is 2.78. The average Bonchev–Trinajstić information content (AvgIpc) is 2.55. The second kappa shape index (κ2) is 5.93. The van der Waals surface area contributed by atoms with E-state index in [1.165, 1.54) is 7.11 Å². The number of carbonyl (C=O) groups excluding carboxylic acids is 2. The molecule has 0 radical (unpaired) electrons. The average molecular weight is 293 g/mol. The third kappa shape index (κ3) is 2.68. The first-order valence-corrected chi connectivity index (χ1v) is 7.03. The van der Waals surface area contributed by atoms with E-state index in [0.29, 0.717) is 24.1 Å². The van der Waals surface area contributed by atoms with Gasteiger partial charge in [-0.15, -0.1) is 0 Å². The van der Waals surface area contributed by atoms with Crippen LogP contribution in [0.2, 0.25) is 0 Å². The van der Waals surface area contributed by atoms with E-state index in [2.05, 4.69) is 4.98 Å². The Hall–Kier alpha value is -2.75. The lowest BCUT2D eigenvalue weighted by Gasteiger charge is -2.16. The number of esters is 1. The number of methoxy groups -OCH3 is 1. The third-order valence-corrected chi connectivity index (χ3v) is 3.73. The van der Waals surface area contributed by atoms with Gasteiger partial charge in [0.2, 0.25) is 0 Å². The summed E-state index contributed by atoms with van der Waals surface area (Å²) >= 11 is 0.